The summed E-state index contributed by atoms with van der Waals surface area (Å²) < 4.78 is 5.02. The first-order valence-corrected chi connectivity index (χ1v) is 5.57. The summed E-state index contributed by atoms with van der Waals surface area (Å²) in [6.07, 6.45) is 2.90. The minimum atomic E-state index is 0.553. The Morgan fingerprint density at radius 2 is 2.25 bits per heavy atom. The minimum absolute atomic E-state index is 0.553. The smallest absolute Gasteiger partial charge is 0.0544 e. The summed E-state index contributed by atoms with van der Waals surface area (Å²) in [6, 6.07) is 4.07. The van der Waals surface area contributed by atoms with E-state index >= 15 is 0 Å². The van der Waals surface area contributed by atoms with Crippen molar-refractivity contribution in [2.24, 2.45) is 5.73 Å². The van der Waals surface area contributed by atoms with Gasteiger partial charge in [-0.05, 0) is 25.1 Å². The van der Waals surface area contributed by atoms with Crippen LogP contribution in [0.1, 0.15) is 17.7 Å². The molecule has 0 unspecified atom stereocenters. The lowest BCUT2D eigenvalue weighted by molar-refractivity contribution is 0.178. The fourth-order valence-corrected chi connectivity index (χ4v) is 1.50. The minimum Gasteiger partial charge on any atom is -0.385 e. The van der Waals surface area contributed by atoms with E-state index in [-0.39, 0.29) is 0 Å². The van der Waals surface area contributed by atoms with Gasteiger partial charge in [0.25, 0.3) is 0 Å². The molecule has 1 heterocycles. The van der Waals surface area contributed by atoms with E-state index in [1.165, 1.54) is 0 Å². The molecule has 0 radical (unpaired) electrons. The van der Waals surface area contributed by atoms with E-state index in [1.807, 2.05) is 18.3 Å². The van der Waals surface area contributed by atoms with Crippen molar-refractivity contribution < 1.29 is 4.74 Å². The zero-order valence-electron chi connectivity index (χ0n) is 10.1. The highest BCUT2D eigenvalue weighted by Crippen LogP contribution is 2.02. The quantitative estimate of drug-likeness (QED) is 0.701. The van der Waals surface area contributed by atoms with Gasteiger partial charge < -0.3 is 15.4 Å². The Kier molecular flexibility index (Phi) is 6.00. The zero-order valence-corrected chi connectivity index (χ0v) is 10.1. The van der Waals surface area contributed by atoms with Gasteiger partial charge in [0.1, 0.15) is 0 Å². The number of nitrogens with two attached hydrogens (primary N) is 1. The first-order chi connectivity index (χ1) is 7.76. The Morgan fingerprint density at radius 1 is 1.44 bits per heavy atom. The number of aromatic nitrogens is 1. The Bertz CT molecular complexity index is 287. The lowest BCUT2D eigenvalue weighted by atomic mass is 10.2. The molecule has 1 rings (SSSR count). The Labute approximate surface area is 97.4 Å². The van der Waals surface area contributed by atoms with Crippen LogP contribution in [0.3, 0.4) is 0 Å². The van der Waals surface area contributed by atoms with Crippen LogP contribution in [0.5, 0.6) is 0 Å². The summed E-state index contributed by atoms with van der Waals surface area (Å²) in [5.41, 5.74) is 7.67. The lowest BCUT2D eigenvalue weighted by Gasteiger charge is -2.15. The maximum absolute atomic E-state index is 5.52. The molecule has 4 heteroatoms. The van der Waals surface area contributed by atoms with Crippen LogP contribution < -0.4 is 5.73 Å². The van der Waals surface area contributed by atoms with Crippen LogP contribution in [-0.2, 0) is 17.8 Å². The Hall–Kier alpha value is -0.970. The van der Waals surface area contributed by atoms with E-state index in [0.717, 1.165) is 37.4 Å². The van der Waals surface area contributed by atoms with Crippen molar-refractivity contribution in [3.63, 3.8) is 0 Å². The number of methoxy groups -OCH3 is 1. The molecule has 0 bridgehead atoms. The summed E-state index contributed by atoms with van der Waals surface area (Å²) in [4.78, 5) is 6.60. The van der Waals surface area contributed by atoms with Crippen LogP contribution in [0.2, 0.25) is 0 Å². The van der Waals surface area contributed by atoms with Gasteiger partial charge in [0.2, 0.25) is 0 Å². The predicted octanol–water partition coefficient (Wildman–Crippen LogP) is 1.01. The number of ether oxygens (including phenoxy) is 1. The van der Waals surface area contributed by atoms with Gasteiger partial charge in [0.15, 0.2) is 0 Å². The van der Waals surface area contributed by atoms with Crippen LogP contribution in [0, 0.1) is 0 Å². The van der Waals surface area contributed by atoms with E-state index in [4.69, 9.17) is 10.5 Å². The summed E-state index contributed by atoms with van der Waals surface area (Å²) in [7, 11) is 3.82. The lowest BCUT2D eigenvalue weighted by Crippen LogP contribution is -2.20. The molecule has 0 amide bonds. The fraction of sp³-hybridized carbons (Fsp3) is 0.583. The third-order valence-corrected chi connectivity index (χ3v) is 2.44. The van der Waals surface area contributed by atoms with Gasteiger partial charge in [0.05, 0.1) is 5.69 Å². The number of hydrogen-bond donors (Lipinski definition) is 1. The molecule has 0 spiro atoms. The van der Waals surface area contributed by atoms with Crippen LogP contribution in [0.15, 0.2) is 18.3 Å². The van der Waals surface area contributed by atoms with Crippen molar-refractivity contribution in [1.82, 2.24) is 9.88 Å². The van der Waals surface area contributed by atoms with Gasteiger partial charge in [-0.3, -0.25) is 4.98 Å². The van der Waals surface area contributed by atoms with Crippen molar-refractivity contribution >= 4 is 0 Å². The van der Waals surface area contributed by atoms with Gasteiger partial charge in [0, 0.05) is 39.5 Å². The zero-order chi connectivity index (χ0) is 11.8. The highest BCUT2D eigenvalue weighted by atomic mass is 16.5. The van der Waals surface area contributed by atoms with Crippen molar-refractivity contribution in [2.75, 3.05) is 27.3 Å². The van der Waals surface area contributed by atoms with E-state index in [1.54, 1.807) is 7.11 Å². The highest BCUT2D eigenvalue weighted by Gasteiger charge is 2.01. The molecular weight excluding hydrogens is 202 g/mol. The summed E-state index contributed by atoms with van der Waals surface area (Å²) in [5.74, 6) is 0. The number of nitrogens with zero attached hydrogens (tertiary/aromatic N) is 2. The molecule has 0 saturated carbocycles. The van der Waals surface area contributed by atoms with Crippen LogP contribution in [0.25, 0.3) is 0 Å². The fourth-order valence-electron chi connectivity index (χ4n) is 1.50. The molecular formula is C12H21N3O. The van der Waals surface area contributed by atoms with E-state index in [9.17, 15) is 0 Å². The molecule has 0 atom stereocenters. The molecule has 4 nitrogen and oxygen atoms in total. The average molecular weight is 223 g/mol. The van der Waals surface area contributed by atoms with Crippen molar-refractivity contribution in [3.05, 3.63) is 29.6 Å². The van der Waals surface area contributed by atoms with E-state index < -0.39 is 0 Å². The maximum Gasteiger partial charge on any atom is 0.0544 e. The predicted molar refractivity (Wildman–Crippen MR) is 65.0 cm³/mol. The highest BCUT2D eigenvalue weighted by molar-refractivity contribution is 5.13. The third kappa shape index (κ3) is 4.70. The van der Waals surface area contributed by atoms with Crippen molar-refractivity contribution in [3.8, 4) is 0 Å². The summed E-state index contributed by atoms with van der Waals surface area (Å²) in [6.45, 7) is 3.25. The monoisotopic (exact) mass is 223 g/mol. The van der Waals surface area contributed by atoms with Crippen LogP contribution in [-0.4, -0.2) is 37.2 Å². The first kappa shape index (κ1) is 13.1. The molecule has 0 fully saturated rings. The number of rotatable bonds is 7. The maximum atomic E-state index is 5.52. The molecule has 0 aromatic carbocycles. The van der Waals surface area contributed by atoms with Gasteiger partial charge in [-0.1, -0.05) is 6.07 Å². The Morgan fingerprint density at radius 3 is 2.81 bits per heavy atom. The molecule has 0 aliphatic rings. The molecule has 2 N–H and O–H groups in total. The second-order valence-electron chi connectivity index (χ2n) is 3.95. The molecule has 0 aliphatic heterocycles. The SMILES string of the molecule is COCCCN(C)Cc1ccc(CN)cn1. The molecule has 90 valence electrons. The van der Waals surface area contributed by atoms with Gasteiger partial charge in [-0.25, -0.2) is 0 Å². The molecule has 0 saturated heterocycles. The normalized spacial score (nSPS) is 11.0. The molecule has 16 heavy (non-hydrogen) atoms. The molecule has 1 aromatic heterocycles. The number of hydrogen-bond acceptors (Lipinski definition) is 4. The van der Waals surface area contributed by atoms with Crippen LogP contribution in [0.4, 0.5) is 0 Å². The number of pyridine rings is 1. The Balaban J connectivity index is 2.34. The average Bonchev–Trinajstić information content (AvgIpc) is 2.30. The second-order valence-corrected chi connectivity index (χ2v) is 3.95. The molecule has 0 aliphatic carbocycles. The van der Waals surface area contributed by atoms with Gasteiger partial charge >= 0.3 is 0 Å². The van der Waals surface area contributed by atoms with E-state index in [2.05, 4.69) is 16.9 Å². The third-order valence-electron chi connectivity index (χ3n) is 2.44. The van der Waals surface area contributed by atoms with E-state index in [0.29, 0.717) is 6.54 Å². The summed E-state index contributed by atoms with van der Waals surface area (Å²) in [5, 5.41) is 0. The summed E-state index contributed by atoms with van der Waals surface area (Å²) >= 11 is 0. The topological polar surface area (TPSA) is 51.4 Å². The van der Waals surface area contributed by atoms with Gasteiger partial charge in [-0.15, -0.1) is 0 Å². The molecule has 1 aromatic rings. The van der Waals surface area contributed by atoms with Crippen molar-refractivity contribution in [2.45, 2.75) is 19.5 Å². The van der Waals surface area contributed by atoms with Crippen molar-refractivity contribution in [1.29, 1.82) is 0 Å². The first-order valence-electron chi connectivity index (χ1n) is 5.57. The standard InChI is InChI=1S/C12H21N3O/c1-15(6-3-7-16-2)10-12-5-4-11(8-13)9-14-12/h4-5,9H,3,6-8,10,13H2,1-2H3. The second kappa shape index (κ2) is 7.33. The van der Waals surface area contributed by atoms with Crippen LogP contribution >= 0.6 is 0 Å². The van der Waals surface area contributed by atoms with Gasteiger partial charge in [-0.2, -0.15) is 0 Å². The largest absolute Gasteiger partial charge is 0.385 e.